The third-order valence-electron chi connectivity index (χ3n) is 5.17. The first-order valence-corrected chi connectivity index (χ1v) is 13.0. The van der Waals surface area contributed by atoms with Crippen molar-refractivity contribution in [3.63, 3.8) is 0 Å². The minimum absolute atomic E-state index is 0.124. The van der Waals surface area contributed by atoms with Crippen molar-refractivity contribution in [2.24, 2.45) is 4.99 Å². The highest BCUT2D eigenvalue weighted by molar-refractivity contribution is 7.86. The largest absolute Gasteiger partial charge is 0.466 e. The van der Waals surface area contributed by atoms with Crippen LogP contribution in [0.2, 0.25) is 0 Å². The van der Waals surface area contributed by atoms with Gasteiger partial charge in [-0.05, 0) is 63.3 Å². The van der Waals surface area contributed by atoms with Gasteiger partial charge in [-0.3, -0.25) is 18.9 Å². The number of aliphatic imine (C=N–C) groups is 1. The molecule has 0 saturated carbocycles. The molecule has 11 heteroatoms. The van der Waals surface area contributed by atoms with E-state index < -0.39 is 31.4 Å². The van der Waals surface area contributed by atoms with Crippen molar-refractivity contribution in [2.45, 2.75) is 63.7 Å². The molecule has 0 aliphatic carbocycles. The summed E-state index contributed by atoms with van der Waals surface area (Å²) in [6, 6.07) is 4.30. The van der Waals surface area contributed by atoms with E-state index in [2.05, 4.69) is 4.99 Å². The van der Waals surface area contributed by atoms with Crippen molar-refractivity contribution in [3.05, 3.63) is 29.3 Å². The standard InChI is InChI=1S/C20H31NO8S2/c1-5-29-19(22)8-6-11-20(4,16(3)21-12-7-13-30(23,24)25)18-14-17(31(26,27)28)10-9-15(18)2/h9-10,14H,5-8,11-13H2,1-4H3,(H,23,24,25)(H,26,27,28). The van der Waals surface area contributed by atoms with E-state index in [1.165, 1.54) is 12.1 Å². The number of esters is 1. The van der Waals surface area contributed by atoms with Gasteiger partial charge >= 0.3 is 5.97 Å². The summed E-state index contributed by atoms with van der Waals surface area (Å²) in [7, 11) is -8.50. The fourth-order valence-electron chi connectivity index (χ4n) is 3.35. The Labute approximate surface area is 184 Å². The molecule has 1 atom stereocenters. The zero-order valence-corrected chi connectivity index (χ0v) is 19.9. The Bertz CT molecular complexity index is 1020. The topological polar surface area (TPSA) is 147 Å². The maximum atomic E-state index is 11.7. The molecule has 0 fully saturated rings. The third-order valence-corrected chi connectivity index (χ3v) is 6.83. The van der Waals surface area contributed by atoms with Gasteiger partial charge in [0.25, 0.3) is 20.2 Å². The van der Waals surface area contributed by atoms with Gasteiger partial charge in [0.1, 0.15) is 0 Å². The van der Waals surface area contributed by atoms with Crippen LogP contribution in [0.25, 0.3) is 0 Å². The number of aryl methyl sites for hydroxylation is 1. The van der Waals surface area contributed by atoms with Gasteiger partial charge in [0.05, 0.1) is 17.3 Å². The molecular formula is C20H31NO8S2. The van der Waals surface area contributed by atoms with Crippen LogP contribution in [-0.4, -0.2) is 56.5 Å². The molecule has 0 heterocycles. The van der Waals surface area contributed by atoms with Crippen molar-refractivity contribution in [1.29, 1.82) is 0 Å². The second-order valence-electron chi connectivity index (χ2n) is 7.55. The minimum atomic E-state index is -4.42. The molecule has 1 aromatic carbocycles. The number of benzene rings is 1. The Hall–Kier alpha value is -1.82. The average Bonchev–Trinajstić information content (AvgIpc) is 2.63. The van der Waals surface area contributed by atoms with Crippen LogP contribution in [0.5, 0.6) is 0 Å². The lowest BCUT2D eigenvalue weighted by Crippen LogP contribution is -2.32. The van der Waals surface area contributed by atoms with E-state index in [1.54, 1.807) is 26.8 Å². The summed E-state index contributed by atoms with van der Waals surface area (Å²) in [5, 5.41) is 0. The van der Waals surface area contributed by atoms with Gasteiger partial charge < -0.3 is 4.74 Å². The molecule has 0 saturated heterocycles. The van der Waals surface area contributed by atoms with Gasteiger partial charge in [-0.1, -0.05) is 13.0 Å². The van der Waals surface area contributed by atoms with E-state index in [0.717, 1.165) is 5.56 Å². The van der Waals surface area contributed by atoms with Crippen molar-refractivity contribution in [2.75, 3.05) is 18.9 Å². The molecule has 0 radical (unpaired) electrons. The number of carbonyl (C=O) groups is 1. The van der Waals surface area contributed by atoms with Gasteiger partial charge in [-0.2, -0.15) is 16.8 Å². The number of carbonyl (C=O) groups excluding carboxylic acids is 1. The van der Waals surface area contributed by atoms with Crippen LogP contribution >= 0.6 is 0 Å². The Balaban J connectivity index is 3.28. The molecule has 9 nitrogen and oxygen atoms in total. The predicted molar refractivity (Wildman–Crippen MR) is 118 cm³/mol. The summed E-state index contributed by atoms with van der Waals surface area (Å²) in [6.45, 7) is 7.55. The summed E-state index contributed by atoms with van der Waals surface area (Å²) in [5.41, 5.74) is 1.23. The Morgan fingerprint density at radius 3 is 2.35 bits per heavy atom. The smallest absolute Gasteiger partial charge is 0.305 e. The monoisotopic (exact) mass is 477 g/mol. The van der Waals surface area contributed by atoms with E-state index in [-0.39, 0.29) is 36.9 Å². The number of hydrogen-bond donors (Lipinski definition) is 2. The SMILES string of the molecule is CCOC(=O)CCCC(C)(C(C)=NCCCS(=O)(=O)O)c1cc(S(=O)(=O)O)ccc1C. The normalized spacial score (nSPS) is 14.8. The molecular weight excluding hydrogens is 446 g/mol. The molecule has 0 aliphatic rings. The summed E-state index contributed by atoms with van der Waals surface area (Å²) in [6.07, 6.45) is 1.19. The van der Waals surface area contributed by atoms with Gasteiger partial charge in [-0.15, -0.1) is 0 Å². The Kier molecular flexibility index (Phi) is 9.80. The first-order valence-electron chi connectivity index (χ1n) is 9.91. The molecule has 2 N–H and O–H groups in total. The van der Waals surface area contributed by atoms with Crippen LogP contribution < -0.4 is 0 Å². The maximum absolute atomic E-state index is 11.7. The Morgan fingerprint density at radius 1 is 1.16 bits per heavy atom. The van der Waals surface area contributed by atoms with Crippen molar-refractivity contribution < 1.29 is 35.5 Å². The lowest BCUT2D eigenvalue weighted by Gasteiger charge is -2.32. The van der Waals surface area contributed by atoms with Crippen molar-refractivity contribution >= 4 is 31.9 Å². The average molecular weight is 478 g/mol. The lowest BCUT2D eigenvalue weighted by atomic mass is 9.73. The molecule has 31 heavy (non-hydrogen) atoms. The molecule has 1 rings (SSSR count). The van der Waals surface area contributed by atoms with Crippen molar-refractivity contribution in [3.8, 4) is 0 Å². The van der Waals surface area contributed by atoms with Gasteiger partial charge in [0.2, 0.25) is 0 Å². The summed E-state index contributed by atoms with van der Waals surface area (Å²) < 4.78 is 68.4. The second kappa shape index (κ2) is 11.2. The highest BCUT2D eigenvalue weighted by Crippen LogP contribution is 2.35. The van der Waals surface area contributed by atoms with Crippen LogP contribution in [0.3, 0.4) is 0 Å². The predicted octanol–water partition coefficient (Wildman–Crippen LogP) is 2.97. The third kappa shape index (κ3) is 8.68. The molecule has 1 aromatic rings. The molecule has 0 spiro atoms. The van der Waals surface area contributed by atoms with Crippen molar-refractivity contribution in [1.82, 2.24) is 0 Å². The maximum Gasteiger partial charge on any atom is 0.305 e. The fraction of sp³-hybridized carbons (Fsp3) is 0.600. The molecule has 176 valence electrons. The highest BCUT2D eigenvalue weighted by atomic mass is 32.2. The Morgan fingerprint density at radius 2 is 1.81 bits per heavy atom. The van der Waals surface area contributed by atoms with Crippen LogP contribution in [0.1, 0.15) is 57.6 Å². The van der Waals surface area contributed by atoms with Gasteiger partial charge in [0.15, 0.2) is 0 Å². The highest BCUT2D eigenvalue weighted by Gasteiger charge is 2.32. The van der Waals surface area contributed by atoms with Gasteiger partial charge in [-0.25, -0.2) is 0 Å². The molecule has 0 bridgehead atoms. The molecule has 0 amide bonds. The van der Waals surface area contributed by atoms with E-state index >= 15 is 0 Å². The number of hydrogen-bond acceptors (Lipinski definition) is 7. The summed E-state index contributed by atoms with van der Waals surface area (Å²) >= 11 is 0. The number of ether oxygens (including phenoxy) is 1. The minimum Gasteiger partial charge on any atom is -0.466 e. The van der Waals surface area contributed by atoms with Gasteiger partial charge in [0, 0.05) is 24.1 Å². The van der Waals surface area contributed by atoms with E-state index in [4.69, 9.17) is 9.29 Å². The van der Waals surface area contributed by atoms with Crippen LogP contribution in [0, 0.1) is 6.92 Å². The molecule has 1 unspecified atom stereocenters. The van der Waals surface area contributed by atoms with Crippen LogP contribution in [0.15, 0.2) is 28.1 Å². The zero-order chi connectivity index (χ0) is 23.9. The van der Waals surface area contributed by atoms with Crippen LogP contribution in [-0.2, 0) is 35.2 Å². The van der Waals surface area contributed by atoms with E-state index in [9.17, 15) is 26.2 Å². The molecule has 0 aromatic heterocycles. The number of rotatable bonds is 12. The second-order valence-corrected chi connectivity index (χ2v) is 10.5. The van der Waals surface area contributed by atoms with E-state index in [0.29, 0.717) is 24.1 Å². The summed E-state index contributed by atoms with van der Waals surface area (Å²) in [4.78, 5) is 16.0. The molecule has 0 aliphatic heterocycles. The first kappa shape index (κ1) is 27.2. The quantitative estimate of drug-likeness (QED) is 0.202. The first-order chi connectivity index (χ1) is 14.2. The van der Waals surface area contributed by atoms with E-state index in [1.807, 2.05) is 6.92 Å². The lowest BCUT2D eigenvalue weighted by molar-refractivity contribution is -0.143. The zero-order valence-electron chi connectivity index (χ0n) is 18.3. The fourth-order valence-corrected chi connectivity index (χ4v) is 4.35. The van der Waals surface area contributed by atoms with Crippen LogP contribution in [0.4, 0.5) is 0 Å². The number of nitrogens with zero attached hydrogens (tertiary/aromatic N) is 1. The summed E-state index contributed by atoms with van der Waals surface area (Å²) in [5.74, 6) is -0.753.